The zero-order chi connectivity index (χ0) is 30.2. The number of likely N-dealkylation sites (N-methyl/N-ethyl adjacent to an activating group) is 1. The minimum Gasteiger partial charge on any atom is -0.493 e. The van der Waals surface area contributed by atoms with Crippen LogP contribution in [0.3, 0.4) is 0 Å². The Kier molecular flexibility index (Phi) is 10.5. The Morgan fingerprint density at radius 1 is 1.10 bits per heavy atom. The van der Waals surface area contributed by atoms with E-state index in [9.17, 15) is 23.9 Å². The molecule has 0 fully saturated rings. The van der Waals surface area contributed by atoms with E-state index in [0.29, 0.717) is 36.3 Å². The van der Waals surface area contributed by atoms with Gasteiger partial charge >= 0.3 is 5.97 Å². The second-order valence-electron chi connectivity index (χ2n) is 11.3. The minimum absolute atomic E-state index is 0.275. The van der Waals surface area contributed by atoms with Crippen LogP contribution in [0.15, 0.2) is 59.5 Å². The monoisotopic (exact) mass is 577 g/mol. The predicted molar refractivity (Wildman–Crippen MR) is 160 cm³/mol. The normalized spacial score (nSPS) is 18.2. The van der Waals surface area contributed by atoms with Crippen molar-refractivity contribution in [2.24, 2.45) is 0 Å². The standard InChI is InChI=1S/C33H40FN3O5/c1-22-17-26(34)19-29-32(22)25-10-8-9-24(18-25)27(20-31(39)40)35-33(41)28(11-6-4-5-7-16-42-29)37-21-23(12-13-30(37)38)14-15-36(2)3/h8-10,12-13,17-19,21,27-28H,4-7,11,14-16,20H2,1-3H3,(H,35,41)(H,39,40)/t27-,28-/m0/s1. The van der Waals surface area contributed by atoms with E-state index < -0.39 is 24.0 Å². The fraction of sp³-hybridized carbons (Fsp3) is 0.424. The van der Waals surface area contributed by atoms with Gasteiger partial charge < -0.3 is 24.6 Å². The summed E-state index contributed by atoms with van der Waals surface area (Å²) in [5.74, 6) is -1.42. The highest BCUT2D eigenvalue weighted by Crippen LogP contribution is 2.36. The van der Waals surface area contributed by atoms with Crippen molar-refractivity contribution < 1.29 is 23.8 Å². The van der Waals surface area contributed by atoms with Gasteiger partial charge in [-0.15, -0.1) is 0 Å². The zero-order valence-electron chi connectivity index (χ0n) is 24.6. The number of fused-ring (bicyclic) bond motifs is 4. The summed E-state index contributed by atoms with van der Waals surface area (Å²) in [5.41, 5.74) is 3.41. The Labute approximate surface area is 246 Å². The zero-order valence-corrected chi connectivity index (χ0v) is 24.6. The average Bonchev–Trinajstić information content (AvgIpc) is 2.93. The van der Waals surface area contributed by atoms with Crippen molar-refractivity contribution in [3.8, 4) is 16.9 Å². The number of carboxylic acids is 1. The molecule has 1 aliphatic heterocycles. The third-order valence-electron chi connectivity index (χ3n) is 7.65. The third kappa shape index (κ3) is 8.06. The quantitative estimate of drug-likeness (QED) is 0.413. The number of rotatable bonds is 6. The van der Waals surface area contributed by atoms with Crippen molar-refractivity contribution in [3.05, 3.63) is 87.6 Å². The van der Waals surface area contributed by atoms with E-state index in [4.69, 9.17) is 4.74 Å². The van der Waals surface area contributed by atoms with Gasteiger partial charge in [0.2, 0.25) is 5.91 Å². The van der Waals surface area contributed by atoms with Crippen molar-refractivity contribution in [1.29, 1.82) is 0 Å². The topological polar surface area (TPSA) is 101 Å². The van der Waals surface area contributed by atoms with Gasteiger partial charge in [0, 0.05) is 30.4 Å². The summed E-state index contributed by atoms with van der Waals surface area (Å²) < 4.78 is 21.9. The van der Waals surface area contributed by atoms with Crippen LogP contribution in [-0.2, 0) is 16.0 Å². The number of carbonyl (C=O) groups is 2. The first kappa shape index (κ1) is 31.0. The third-order valence-corrected chi connectivity index (χ3v) is 7.65. The summed E-state index contributed by atoms with van der Waals surface area (Å²) in [7, 11) is 3.96. The fourth-order valence-corrected chi connectivity index (χ4v) is 5.47. The molecule has 2 aromatic carbocycles. The molecule has 3 aromatic rings. The van der Waals surface area contributed by atoms with Gasteiger partial charge in [-0.25, -0.2) is 4.39 Å². The van der Waals surface area contributed by atoms with Crippen LogP contribution in [0.2, 0.25) is 0 Å². The number of carbonyl (C=O) groups excluding carboxylic acids is 1. The molecular weight excluding hydrogens is 537 g/mol. The molecule has 0 saturated carbocycles. The predicted octanol–water partition coefficient (Wildman–Crippen LogP) is 5.28. The van der Waals surface area contributed by atoms with Gasteiger partial charge in [0.05, 0.1) is 19.1 Å². The Balaban J connectivity index is 1.75. The van der Waals surface area contributed by atoms with E-state index in [1.165, 1.54) is 22.8 Å². The number of hydrogen-bond donors (Lipinski definition) is 2. The lowest BCUT2D eigenvalue weighted by molar-refractivity contribution is -0.138. The first-order valence-electron chi connectivity index (χ1n) is 14.5. The summed E-state index contributed by atoms with van der Waals surface area (Å²) in [6.07, 6.45) is 5.67. The van der Waals surface area contributed by atoms with Crippen LogP contribution in [0.1, 0.15) is 67.3 Å². The van der Waals surface area contributed by atoms with E-state index in [-0.39, 0.29) is 17.8 Å². The molecule has 1 aliphatic rings. The van der Waals surface area contributed by atoms with Crippen LogP contribution in [0, 0.1) is 12.7 Å². The SMILES string of the molecule is Cc1cc(F)cc2c1-c1cccc(c1)[C@H](CC(=O)O)NC(=O)[C@@H](n1cc(CCN(C)C)ccc1=O)CCCCCCO2. The van der Waals surface area contributed by atoms with Gasteiger partial charge in [-0.2, -0.15) is 0 Å². The van der Waals surface area contributed by atoms with Crippen LogP contribution < -0.4 is 15.6 Å². The summed E-state index contributed by atoms with van der Waals surface area (Å²) >= 11 is 0. The molecule has 8 nitrogen and oxygen atoms in total. The van der Waals surface area contributed by atoms with Crippen LogP contribution in [0.5, 0.6) is 5.75 Å². The molecule has 1 amide bonds. The summed E-state index contributed by atoms with van der Waals surface area (Å²) in [6, 6.07) is 11.7. The number of amides is 1. The van der Waals surface area contributed by atoms with Crippen molar-refractivity contribution >= 4 is 11.9 Å². The van der Waals surface area contributed by atoms with Gasteiger partial charge in [0.1, 0.15) is 17.6 Å². The number of nitrogens with zero attached hydrogens (tertiary/aromatic N) is 2. The molecule has 0 unspecified atom stereocenters. The summed E-state index contributed by atoms with van der Waals surface area (Å²) in [6.45, 7) is 3.01. The summed E-state index contributed by atoms with van der Waals surface area (Å²) in [4.78, 5) is 40.9. The van der Waals surface area contributed by atoms with Gasteiger partial charge in [0.15, 0.2) is 0 Å². The Morgan fingerprint density at radius 2 is 1.88 bits per heavy atom. The molecule has 2 bridgehead atoms. The van der Waals surface area contributed by atoms with Crippen LogP contribution in [0.25, 0.3) is 11.1 Å². The van der Waals surface area contributed by atoms with E-state index >= 15 is 0 Å². The number of aliphatic carboxylic acids is 1. The fourth-order valence-electron chi connectivity index (χ4n) is 5.47. The Hall–Kier alpha value is -3.98. The van der Waals surface area contributed by atoms with E-state index in [1.807, 2.05) is 33.2 Å². The maximum absolute atomic E-state index is 14.3. The highest BCUT2D eigenvalue weighted by atomic mass is 19.1. The largest absolute Gasteiger partial charge is 0.493 e. The maximum atomic E-state index is 14.3. The van der Waals surface area contributed by atoms with Crippen molar-refractivity contribution in [2.45, 2.75) is 64.0 Å². The molecule has 0 radical (unpaired) electrons. The van der Waals surface area contributed by atoms with Crippen LogP contribution in [-0.4, -0.2) is 53.7 Å². The Bertz CT molecular complexity index is 1470. The van der Waals surface area contributed by atoms with Gasteiger partial charge in [0.25, 0.3) is 5.56 Å². The highest BCUT2D eigenvalue weighted by Gasteiger charge is 2.27. The first-order valence-corrected chi connectivity index (χ1v) is 14.5. The number of aryl methyl sites for hydroxylation is 1. The molecule has 0 spiro atoms. The van der Waals surface area contributed by atoms with Crippen molar-refractivity contribution in [1.82, 2.24) is 14.8 Å². The molecule has 0 aliphatic carbocycles. The maximum Gasteiger partial charge on any atom is 0.305 e. The molecule has 2 N–H and O–H groups in total. The van der Waals surface area contributed by atoms with E-state index in [2.05, 4.69) is 10.2 Å². The molecule has 2 heterocycles. The highest BCUT2D eigenvalue weighted by molar-refractivity contribution is 5.82. The molecule has 4 rings (SSSR count). The minimum atomic E-state index is -1.07. The molecule has 224 valence electrons. The van der Waals surface area contributed by atoms with Crippen LogP contribution in [0.4, 0.5) is 4.39 Å². The number of halogens is 1. The van der Waals surface area contributed by atoms with Gasteiger partial charge in [-0.1, -0.05) is 43.5 Å². The number of nitrogens with one attached hydrogen (secondary N) is 1. The molecule has 1 aromatic heterocycles. The van der Waals surface area contributed by atoms with Gasteiger partial charge in [-0.3, -0.25) is 14.4 Å². The van der Waals surface area contributed by atoms with Crippen LogP contribution >= 0.6 is 0 Å². The summed E-state index contributed by atoms with van der Waals surface area (Å²) in [5, 5.41) is 12.7. The van der Waals surface area contributed by atoms with Gasteiger partial charge in [-0.05, 0) is 74.7 Å². The smallest absolute Gasteiger partial charge is 0.305 e. The Morgan fingerprint density at radius 3 is 2.64 bits per heavy atom. The second kappa shape index (κ2) is 14.3. The number of benzene rings is 2. The number of pyridine rings is 1. The first-order chi connectivity index (χ1) is 20.1. The molecule has 42 heavy (non-hydrogen) atoms. The molecule has 9 heteroatoms. The lowest BCUT2D eigenvalue weighted by Gasteiger charge is -2.25. The number of hydrogen-bond acceptors (Lipinski definition) is 5. The molecular formula is C33H40FN3O5. The number of ether oxygens (including phenoxy) is 1. The second-order valence-corrected chi connectivity index (χ2v) is 11.3. The average molecular weight is 578 g/mol. The number of carboxylic acid groups (broad SMARTS) is 1. The van der Waals surface area contributed by atoms with E-state index in [0.717, 1.165) is 48.9 Å². The number of aromatic nitrogens is 1. The lowest BCUT2D eigenvalue weighted by Crippen LogP contribution is -2.39. The van der Waals surface area contributed by atoms with E-state index in [1.54, 1.807) is 24.4 Å². The van der Waals surface area contributed by atoms with Crippen molar-refractivity contribution in [3.63, 3.8) is 0 Å². The molecule has 0 saturated heterocycles. The molecule has 2 atom stereocenters. The lowest BCUT2D eigenvalue weighted by atomic mass is 9.94. The van der Waals surface area contributed by atoms with Crippen molar-refractivity contribution in [2.75, 3.05) is 27.2 Å².